The lowest BCUT2D eigenvalue weighted by Gasteiger charge is -2.16. The molecule has 0 heterocycles. The summed E-state index contributed by atoms with van der Waals surface area (Å²) < 4.78 is 38.0. The second-order valence-electron chi connectivity index (χ2n) is 4.12. The number of halogens is 5. The maximum absolute atomic E-state index is 12.7. The highest BCUT2D eigenvalue weighted by atomic mass is 35.5. The van der Waals surface area contributed by atoms with Crippen LogP contribution in [0.3, 0.4) is 0 Å². The highest BCUT2D eigenvalue weighted by Crippen LogP contribution is 2.34. The van der Waals surface area contributed by atoms with Crippen LogP contribution in [0.15, 0.2) is 48.5 Å². The van der Waals surface area contributed by atoms with Crippen LogP contribution in [-0.2, 0) is 6.18 Å². The lowest BCUT2D eigenvalue weighted by molar-refractivity contribution is -0.137. The van der Waals surface area contributed by atoms with E-state index in [4.69, 9.17) is 17.3 Å². The van der Waals surface area contributed by atoms with Crippen LogP contribution in [0.5, 0.6) is 0 Å². The second-order valence-corrected chi connectivity index (χ2v) is 4.53. The highest BCUT2D eigenvalue weighted by molar-refractivity contribution is 6.31. The molecule has 108 valence electrons. The Bertz CT molecular complexity index is 570. The van der Waals surface area contributed by atoms with Crippen molar-refractivity contribution in [3.8, 4) is 0 Å². The molecule has 0 radical (unpaired) electrons. The van der Waals surface area contributed by atoms with E-state index < -0.39 is 17.8 Å². The van der Waals surface area contributed by atoms with Gasteiger partial charge in [0, 0.05) is 5.02 Å². The van der Waals surface area contributed by atoms with Crippen molar-refractivity contribution < 1.29 is 13.2 Å². The largest absolute Gasteiger partial charge is 0.416 e. The molecule has 1 nitrogen and oxygen atoms in total. The molecule has 0 aliphatic heterocycles. The molecule has 1 atom stereocenters. The Labute approximate surface area is 126 Å². The molecule has 0 amide bonds. The number of alkyl halides is 3. The Morgan fingerprint density at radius 1 is 1.00 bits per heavy atom. The molecule has 0 saturated heterocycles. The van der Waals surface area contributed by atoms with Gasteiger partial charge in [0.15, 0.2) is 0 Å². The Balaban J connectivity index is 0.00000200. The fourth-order valence-corrected chi connectivity index (χ4v) is 2.03. The van der Waals surface area contributed by atoms with Crippen LogP contribution in [0.25, 0.3) is 0 Å². The van der Waals surface area contributed by atoms with Gasteiger partial charge in [0.25, 0.3) is 0 Å². The summed E-state index contributed by atoms with van der Waals surface area (Å²) >= 11 is 5.94. The highest BCUT2D eigenvalue weighted by Gasteiger charge is 2.31. The molecule has 2 aromatic rings. The molecule has 2 N–H and O–H groups in total. The van der Waals surface area contributed by atoms with E-state index in [2.05, 4.69) is 0 Å². The molecule has 0 aromatic heterocycles. The molecular formula is C14H12Cl2F3N. The minimum absolute atomic E-state index is 0. The molecule has 6 heteroatoms. The van der Waals surface area contributed by atoms with E-state index in [-0.39, 0.29) is 23.0 Å². The molecule has 0 aliphatic carbocycles. The van der Waals surface area contributed by atoms with Crippen molar-refractivity contribution in [3.05, 3.63) is 70.2 Å². The maximum Gasteiger partial charge on any atom is 0.416 e. The molecule has 1 unspecified atom stereocenters. The van der Waals surface area contributed by atoms with Crippen molar-refractivity contribution in [1.82, 2.24) is 0 Å². The first-order chi connectivity index (χ1) is 8.89. The van der Waals surface area contributed by atoms with Crippen molar-refractivity contribution in [1.29, 1.82) is 0 Å². The fourth-order valence-electron chi connectivity index (χ4n) is 1.80. The van der Waals surface area contributed by atoms with Gasteiger partial charge in [-0.15, -0.1) is 12.4 Å². The van der Waals surface area contributed by atoms with Gasteiger partial charge in [0.05, 0.1) is 11.6 Å². The molecule has 2 aromatic carbocycles. The standard InChI is InChI=1S/C14H11ClF3N.ClH/c15-12-7-6-10(14(16,17)18)8-11(12)13(19)9-4-2-1-3-5-9;/h1-8,13H,19H2;1H. The van der Waals surface area contributed by atoms with Gasteiger partial charge in [-0.3, -0.25) is 0 Å². The topological polar surface area (TPSA) is 26.0 Å². The van der Waals surface area contributed by atoms with E-state index >= 15 is 0 Å². The van der Waals surface area contributed by atoms with E-state index in [9.17, 15) is 13.2 Å². The number of rotatable bonds is 2. The van der Waals surface area contributed by atoms with E-state index in [1.54, 1.807) is 24.3 Å². The molecule has 0 aliphatic rings. The zero-order valence-electron chi connectivity index (χ0n) is 10.2. The van der Waals surface area contributed by atoms with Crippen molar-refractivity contribution in [2.45, 2.75) is 12.2 Å². The molecule has 2 rings (SSSR count). The molecule has 0 spiro atoms. The Kier molecular flexibility index (Phi) is 5.45. The van der Waals surface area contributed by atoms with Crippen molar-refractivity contribution >= 4 is 24.0 Å². The molecule has 0 bridgehead atoms. The van der Waals surface area contributed by atoms with E-state index in [0.717, 1.165) is 12.1 Å². The van der Waals surface area contributed by atoms with Crippen LogP contribution in [0, 0.1) is 0 Å². The van der Waals surface area contributed by atoms with Crippen molar-refractivity contribution in [3.63, 3.8) is 0 Å². The van der Waals surface area contributed by atoms with E-state index in [0.29, 0.717) is 5.56 Å². The first-order valence-electron chi connectivity index (χ1n) is 5.57. The minimum atomic E-state index is -4.41. The van der Waals surface area contributed by atoms with Crippen LogP contribution in [0.4, 0.5) is 13.2 Å². The normalized spacial score (nSPS) is 12.7. The molecule has 20 heavy (non-hydrogen) atoms. The third kappa shape index (κ3) is 3.66. The molecule has 0 fully saturated rings. The molecular weight excluding hydrogens is 310 g/mol. The maximum atomic E-state index is 12.7. The zero-order chi connectivity index (χ0) is 14.0. The van der Waals surface area contributed by atoms with Crippen LogP contribution in [-0.4, -0.2) is 0 Å². The average molecular weight is 322 g/mol. The summed E-state index contributed by atoms with van der Waals surface area (Å²) in [4.78, 5) is 0. The van der Waals surface area contributed by atoms with Crippen molar-refractivity contribution in [2.24, 2.45) is 5.73 Å². The van der Waals surface area contributed by atoms with Gasteiger partial charge in [-0.1, -0.05) is 41.9 Å². The second kappa shape index (κ2) is 6.48. The predicted octanol–water partition coefficient (Wildman–Crippen LogP) is 4.83. The SMILES string of the molecule is Cl.NC(c1ccccc1)c1cc(C(F)(F)F)ccc1Cl. The minimum Gasteiger partial charge on any atom is -0.320 e. The Hall–Kier alpha value is -1.23. The van der Waals surface area contributed by atoms with Gasteiger partial charge in [0.1, 0.15) is 0 Å². The van der Waals surface area contributed by atoms with Crippen LogP contribution in [0.1, 0.15) is 22.7 Å². The fraction of sp³-hybridized carbons (Fsp3) is 0.143. The summed E-state index contributed by atoms with van der Waals surface area (Å²) in [5.41, 5.74) is 6.20. The number of hydrogen-bond acceptors (Lipinski definition) is 1. The monoisotopic (exact) mass is 321 g/mol. The van der Waals surface area contributed by atoms with E-state index in [1.165, 1.54) is 6.07 Å². The first kappa shape index (κ1) is 16.8. The van der Waals surface area contributed by atoms with E-state index in [1.807, 2.05) is 6.07 Å². The first-order valence-corrected chi connectivity index (χ1v) is 5.94. The lowest BCUT2D eigenvalue weighted by Crippen LogP contribution is -2.14. The van der Waals surface area contributed by atoms with Gasteiger partial charge in [-0.05, 0) is 29.3 Å². The average Bonchev–Trinajstić information content (AvgIpc) is 2.38. The van der Waals surface area contributed by atoms with Gasteiger partial charge in [-0.25, -0.2) is 0 Å². The van der Waals surface area contributed by atoms with Crippen LogP contribution < -0.4 is 5.73 Å². The quantitative estimate of drug-likeness (QED) is 0.842. The van der Waals surface area contributed by atoms with Gasteiger partial charge in [0.2, 0.25) is 0 Å². The third-order valence-electron chi connectivity index (χ3n) is 2.82. The summed E-state index contributed by atoms with van der Waals surface area (Å²) in [7, 11) is 0. The lowest BCUT2D eigenvalue weighted by atomic mass is 9.98. The van der Waals surface area contributed by atoms with Crippen LogP contribution in [0.2, 0.25) is 5.02 Å². The van der Waals surface area contributed by atoms with Crippen LogP contribution >= 0.6 is 24.0 Å². The summed E-state index contributed by atoms with van der Waals surface area (Å²) in [6.45, 7) is 0. The smallest absolute Gasteiger partial charge is 0.320 e. The Morgan fingerprint density at radius 2 is 1.60 bits per heavy atom. The number of hydrogen-bond donors (Lipinski definition) is 1. The number of nitrogens with two attached hydrogens (primary N) is 1. The van der Waals surface area contributed by atoms with Crippen molar-refractivity contribution in [2.75, 3.05) is 0 Å². The summed E-state index contributed by atoms with van der Waals surface area (Å²) in [6.07, 6.45) is -4.41. The zero-order valence-corrected chi connectivity index (χ0v) is 11.8. The van der Waals surface area contributed by atoms with Gasteiger partial charge >= 0.3 is 6.18 Å². The summed E-state index contributed by atoms with van der Waals surface area (Å²) in [5, 5.41) is 0.226. The van der Waals surface area contributed by atoms with Gasteiger partial charge in [-0.2, -0.15) is 13.2 Å². The third-order valence-corrected chi connectivity index (χ3v) is 3.16. The predicted molar refractivity (Wildman–Crippen MR) is 76.2 cm³/mol. The number of benzene rings is 2. The summed E-state index contributed by atoms with van der Waals surface area (Å²) in [6, 6.07) is 11.3. The summed E-state index contributed by atoms with van der Waals surface area (Å²) in [5.74, 6) is 0. The Morgan fingerprint density at radius 3 is 2.15 bits per heavy atom. The van der Waals surface area contributed by atoms with Gasteiger partial charge < -0.3 is 5.73 Å². The molecule has 0 saturated carbocycles.